The fourth-order valence-electron chi connectivity index (χ4n) is 4.12. The van der Waals surface area contributed by atoms with Gasteiger partial charge in [-0.3, -0.25) is 0 Å². The summed E-state index contributed by atoms with van der Waals surface area (Å²) in [4.78, 5) is 12.8. The molecule has 1 atom stereocenters. The molecule has 0 aromatic heterocycles. The van der Waals surface area contributed by atoms with Crippen LogP contribution in [0.4, 0.5) is 57.5 Å². The lowest BCUT2D eigenvalue weighted by Gasteiger charge is -2.37. The smallest absolute Gasteiger partial charge is 0.428 e. The second kappa shape index (κ2) is 12.8. The number of halogens is 12. The number of ether oxygens (including phenoxy) is 1. The summed E-state index contributed by atoms with van der Waals surface area (Å²) in [5, 5.41) is 12.7. The van der Waals surface area contributed by atoms with E-state index in [2.05, 4.69) is 4.74 Å². The second-order valence-electron chi connectivity index (χ2n) is 9.31. The molecule has 0 bridgehead atoms. The van der Waals surface area contributed by atoms with Gasteiger partial charge in [0.05, 0.1) is 17.7 Å². The van der Waals surface area contributed by atoms with Gasteiger partial charge in [-0.25, -0.2) is 13.6 Å². The Balaban J connectivity index is 2.35. The van der Waals surface area contributed by atoms with Crippen molar-refractivity contribution in [1.82, 2.24) is 10.6 Å². The predicted octanol–water partition coefficient (Wildman–Crippen LogP) is 7.06. The van der Waals surface area contributed by atoms with Gasteiger partial charge in [0.25, 0.3) is 0 Å². The molecule has 3 rings (SSSR count). The summed E-state index contributed by atoms with van der Waals surface area (Å²) >= 11 is 0. The minimum Gasteiger partial charge on any atom is -0.428 e. The molecule has 0 unspecified atom stereocenters. The van der Waals surface area contributed by atoms with Crippen molar-refractivity contribution in [3.05, 3.63) is 100 Å². The number of carbonyl (C=O) groups excluding carboxylic acids is 1. The number of amides is 2. The van der Waals surface area contributed by atoms with E-state index in [1.54, 1.807) is 0 Å². The highest BCUT2D eigenvalue weighted by molar-refractivity contribution is 5.76. The van der Waals surface area contributed by atoms with Crippen LogP contribution in [0.2, 0.25) is 0 Å². The van der Waals surface area contributed by atoms with Crippen molar-refractivity contribution < 1.29 is 67.3 Å². The Morgan fingerprint density at radius 2 is 1.43 bits per heavy atom. The SMILES string of the molecule is O=C(NCC(F)(F)F)N[C@@](Cc1ccc(CO)cc1)(c1cc(F)cc(OC(F)(F)C(F)F)c1)c1ccc(F)c(C(F)(F)F)c1. The molecule has 0 aliphatic carbocycles. The fraction of sp³-hybridized carbons (Fsp3) is 0.296. The average molecular weight is 648 g/mol. The molecule has 240 valence electrons. The van der Waals surface area contributed by atoms with Crippen LogP contribution in [-0.2, 0) is 24.7 Å². The van der Waals surface area contributed by atoms with Crippen LogP contribution < -0.4 is 15.4 Å². The molecular formula is C27H20F12N2O3. The van der Waals surface area contributed by atoms with Gasteiger partial charge >= 0.3 is 30.9 Å². The van der Waals surface area contributed by atoms with E-state index in [1.165, 1.54) is 29.6 Å². The largest absolute Gasteiger partial charge is 0.461 e. The Morgan fingerprint density at radius 1 is 0.818 bits per heavy atom. The van der Waals surface area contributed by atoms with E-state index in [1.807, 2.05) is 5.32 Å². The third-order valence-electron chi connectivity index (χ3n) is 6.09. The minimum atomic E-state index is -5.37. The van der Waals surface area contributed by atoms with E-state index in [0.717, 1.165) is 0 Å². The molecule has 0 aliphatic rings. The van der Waals surface area contributed by atoms with Gasteiger partial charge in [-0.05, 0) is 46.5 Å². The van der Waals surface area contributed by atoms with E-state index in [4.69, 9.17) is 0 Å². The van der Waals surface area contributed by atoms with Gasteiger partial charge in [-0.2, -0.15) is 43.9 Å². The number of benzene rings is 3. The minimum absolute atomic E-state index is 0.0563. The van der Waals surface area contributed by atoms with Crippen molar-refractivity contribution in [2.75, 3.05) is 6.54 Å². The summed E-state index contributed by atoms with van der Waals surface area (Å²) in [7, 11) is 0. The van der Waals surface area contributed by atoms with Crippen molar-refractivity contribution in [3.63, 3.8) is 0 Å². The number of alkyl halides is 10. The van der Waals surface area contributed by atoms with E-state index in [0.29, 0.717) is 29.8 Å². The Hall–Kier alpha value is -4.15. The fourth-order valence-corrected chi connectivity index (χ4v) is 4.12. The van der Waals surface area contributed by atoms with Crippen LogP contribution in [-0.4, -0.2) is 36.4 Å². The van der Waals surface area contributed by atoms with Crippen LogP contribution in [0.5, 0.6) is 5.75 Å². The lowest BCUT2D eigenvalue weighted by atomic mass is 9.77. The molecule has 0 radical (unpaired) electrons. The second-order valence-corrected chi connectivity index (χ2v) is 9.31. The highest BCUT2D eigenvalue weighted by Gasteiger charge is 2.45. The van der Waals surface area contributed by atoms with Crippen LogP contribution in [0.15, 0.2) is 60.7 Å². The van der Waals surface area contributed by atoms with Crippen LogP contribution in [0.1, 0.15) is 27.8 Å². The summed E-state index contributed by atoms with van der Waals surface area (Å²) in [6.45, 7) is -2.44. The molecular weight excluding hydrogens is 628 g/mol. The van der Waals surface area contributed by atoms with Crippen molar-refractivity contribution in [2.45, 2.75) is 43.5 Å². The predicted molar refractivity (Wildman–Crippen MR) is 129 cm³/mol. The number of aliphatic hydroxyl groups excluding tert-OH is 1. The zero-order chi connectivity index (χ0) is 33.1. The number of aliphatic hydroxyl groups is 1. The van der Waals surface area contributed by atoms with Crippen LogP contribution in [0.3, 0.4) is 0 Å². The molecule has 2 amide bonds. The number of rotatable bonds is 10. The van der Waals surface area contributed by atoms with Gasteiger partial charge < -0.3 is 20.5 Å². The maximum absolute atomic E-state index is 14.8. The van der Waals surface area contributed by atoms with Crippen molar-refractivity contribution >= 4 is 6.03 Å². The normalized spacial score (nSPS) is 13.9. The van der Waals surface area contributed by atoms with E-state index in [9.17, 15) is 62.6 Å². The van der Waals surface area contributed by atoms with E-state index >= 15 is 0 Å². The number of hydrogen-bond acceptors (Lipinski definition) is 3. The lowest BCUT2D eigenvalue weighted by Crippen LogP contribution is -2.53. The first-order chi connectivity index (χ1) is 20.3. The van der Waals surface area contributed by atoms with Gasteiger partial charge in [0.1, 0.15) is 23.9 Å². The average Bonchev–Trinajstić information content (AvgIpc) is 2.90. The Kier molecular flexibility index (Phi) is 10.0. The summed E-state index contributed by atoms with van der Waals surface area (Å²) in [5.41, 5.74) is -5.70. The lowest BCUT2D eigenvalue weighted by molar-refractivity contribution is -0.253. The molecule has 5 nitrogen and oxygen atoms in total. The van der Waals surface area contributed by atoms with Gasteiger partial charge in [0.15, 0.2) is 0 Å². The summed E-state index contributed by atoms with van der Waals surface area (Å²) in [5.74, 6) is -4.62. The van der Waals surface area contributed by atoms with E-state index < -0.39 is 90.1 Å². The number of urea groups is 1. The number of nitrogens with one attached hydrogen (secondary N) is 2. The molecule has 0 aliphatic heterocycles. The molecule has 0 spiro atoms. The first-order valence-electron chi connectivity index (χ1n) is 12.1. The Bertz CT molecular complexity index is 1460. The van der Waals surface area contributed by atoms with Crippen LogP contribution in [0, 0.1) is 11.6 Å². The maximum Gasteiger partial charge on any atom is 0.461 e. The van der Waals surface area contributed by atoms with Gasteiger partial charge in [0.2, 0.25) is 0 Å². The van der Waals surface area contributed by atoms with Gasteiger partial charge in [-0.15, -0.1) is 0 Å². The third-order valence-corrected chi connectivity index (χ3v) is 6.09. The van der Waals surface area contributed by atoms with Gasteiger partial charge in [0, 0.05) is 12.5 Å². The Morgan fingerprint density at radius 3 is 1.98 bits per heavy atom. The topological polar surface area (TPSA) is 70.6 Å². The number of hydrogen-bond donors (Lipinski definition) is 3. The zero-order valence-electron chi connectivity index (χ0n) is 21.8. The molecule has 0 fully saturated rings. The molecule has 44 heavy (non-hydrogen) atoms. The molecule has 17 heteroatoms. The maximum atomic E-state index is 14.8. The summed E-state index contributed by atoms with van der Waals surface area (Å²) in [6.07, 6.45) is -20.8. The van der Waals surface area contributed by atoms with Crippen molar-refractivity contribution in [1.29, 1.82) is 0 Å². The van der Waals surface area contributed by atoms with E-state index in [-0.39, 0.29) is 17.7 Å². The molecule has 3 aromatic rings. The molecule has 0 heterocycles. The van der Waals surface area contributed by atoms with Crippen molar-refractivity contribution in [3.8, 4) is 5.75 Å². The highest BCUT2D eigenvalue weighted by atomic mass is 19.4. The number of carbonyl (C=O) groups is 1. The summed E-state index contributed by atoms with van der Waals surface area (Å²) < 4.78 is 166. The molecule has 0 saturated heterocycles. The first-order valence-corrected chi connectivity index (χ1v) is 12.1. The van der Waals surface area contributed by atoms with Crippen LogP contribution >= 0.6 is 0 Å². The quantitative estimate of drug-likeness (QED) is 0.206. The molecule has 3 aromatic carbocycles. The highest BCUT2D eigenvalue weighted by Crippen LogP contribution is 2.41. The summed E-state index contributed by atoms with van der Waals surface area (Å²) in [6, 6.07) is 5.63. The van der Waals surface area contributed by atoms with Crippen LogP contribution in [0.25, 0.3) is 0 Å². The van der Waals surface area contributed by atoms with Gasteiger partial charge in [-0.1, -0.05) is 30.3 Å². The Labute approximate surface area is 240 Å². The monoisotopic (exact) mass is 648 g/mol. The standard InChI is InChI=1S/C27H20F12N2O3/c28-18-7-17(8-19(10-18)44-27(38,39)22(30)31)24(41-23(43)40-13-25(32,33)34,11-14-1-3-15(12-42)4-2-14)16-5-6-21(29)20(9-16)26(35,36)37/h1-10,22,42H,11-13H2,(H2,40,41,43)/t24-/m1/s1. The molecule has 3 N–H and O–H groups in total. The zero-order valence-corrected chi connectivity index (χ0v) is 21.8. The van der Waals surface area contributed by atoms with Crippen molar-refractivity contribution in [2.24, 2.45) is 0 Å². The first kappa shape index (κ1) is 34.3. The molecule has 0 saturated carbocycles. The third kappa shape index (κ3) is 8.48.